The molecule has 0 aliphatic rings. The van der Waals surface area contributed by atoms with Crippen LogP contribution in [0.25, 0.3) is 0 Å². The Hall–Kier alpha value is -2.70. The van der Waals surface area contributed by atoms with Crippen LogP contribution >= 0.6 is 0 Å². The first kappa shape index (κ1) is 63.3. The smallest absolute Gasteiger partial charge is 0.465 e. The molecule has 0 N–H and O–H groups in total. The van der Waals surface area contributed by atoms with Crippen molar-refractivity contribution in [1.29, 1.82) is 0 Å². The predicted molar refractivity (Wildman–Crippen MR) is 266 cm³/mol. The Kier molecular flexibility index (Phi) is 48.1. The molecule has 0 fully saturated rings. The van der Waals surface area contributed by atoms with Crippen molar-refractivity contribution in [3.05, 3.63) is 12.3 Å². The number of allylic oxidation sites excluding steroid dienone is 1. The number of nitrogens with zero attached hydrogens (tertiary/aromatic N) is 1. The lowest BCUT2D eigenvalue weighted by Crippen LogP contribution is -2.28. The van der Waals surface area contributed by atoms with Gasteiger partial charge in [0.2, 0.25) is 0 Å². The second kappa shape index (κ2) is 50.2. The Bertz CT molecular complexity index is 1110. The van der Waals surface area contributed by atoms with Crippen molar-refractivity contribution < 1.29 is 52.3 Å². The van der Waals surface area contributed by atoms with E-state index >= 15 is 0 Å². The highest BCUT2D eigenvalue weighted by Gasteiger charge is 2.20. The van der Waals surface area contributed by atoms with Gasteiger partial charge in [0.25, 0.3) is 0 Å². The lowest BCUT2D eigenvalue weighted by Gasteiger charge is -2.20. The third kappa shape index (κ3) is 45.1. The van der Waals surface area contributed by atoms with Crippen LogP contribution in [0.5, 0.6) is 0 Å². The Morgan fingerprint density at radius 1 is 0.439 bits per heavy atom. The molecule has 0 heterocycles. The molecule has 12 nitrogen and oxygen atoms in total. The second-order valence-electron chi connectivity index (χ2n) is 18.0. The number of hydrogen-bond acceptors (Lipinski definition) is 12. The molecule has 0 aliphatic heterocycles. The first-order chi connectivity index (χ1) is 32.3. The Labute approximate surface area is 404 Å². The highest BCUT2D eigenvalue weighted by molar-refractivity contribution is 5.70. The summed E-state index contributed by atoms with van der Waals surface area (Å²) in [4.78, 5) is 52.3. The molecule has 1 atom stereocenters. The van der Waals surface area contributed by atoms with Crippen LogP contribution in [0, 0.1) is 5.92 Å². The molecule has 0 saturated heterocycles. The van der Waals surface area contributed by atoms with Crippen LogP contribution < -0.4 is 0 Å². The summed E-state index contributed by atoms with van der Waals surface area (Å²) in [7, 11) is 0. The fourth-order valence-electron chi connectivity index (χ4n) is 7.46. The summed E-state index contributed by atoms with van der Waals surface area (Å²) in [6.07, 6.45) is 34.4. The minimum absolute atomic E-state index is 0.0413. The van der Waals surface area contributed by atoms with Gasteiger partial charge in [-0.3, -0.25) is 14.4 Å². The molecule has 0 radical (unpaired) electrons. The van der Waals surface area contributed by atoms with E-state index in [9.17, 15) is 19.2 Å². The molecule has 0 aromatic carbocycles. The van der Waals surface area contributed by atoms with E-state index in [1.54, 1.807) is 6.26 Å². The number of rotatable bonds is 50. The SMILES string of the molecule is CCCCCCC/C=C\OC(=O)CCCCCCCCCCCC(=O)OCC(COC(=O)CCC(OCCCCCCCC)OCCCCCCCC)COC(=O)OCCCN(CC)CC. The Morgan fingerprint density at radius 3 is 1.39 bits per heavy atom. The number of carbonyl (C=O) groups is 4. The summed E-state index contributed by atoms with van der Waals surface area (Å²) in [5.41, 5.74) is 0. The molecule has 0 aromatic rings. The highest BCUT2D eigenvalue weighted by atomic mass is 16.7. The molecular weight excluding hydrogens is 839 g/mol. The van der Waals surface area contributed by atoms with Crippen LogP contribution in [0.3, 0.4) is 0 Å². The van der Waals surface area contributed by atoms with E-state index in [2.05, 4.69) is 39.5 Å². The zero-order valence-electron chi connectivity index (χ0n) is 43.2. The van der Waals surface area contributed by atoms with Crippen LogP contribution in [-0.4, -0.2) is 94.5 Å². The maximum Gasteiger partial charge on any atom is 0.508 e. The molecule has 388 valence electrons. The summed E-state index contributed by atoms with van der Waals surface area (Å²) in [6, 6.07) is 0. The number of carbonyl (C=O) groups excluding carboxylic acids is 4. The molecule has 0 rings (SSSR count). The maximum absolute atomic E-state index is 13.0. The average molecular weight is 940 g/mol. The molecule has 0 spiro atoms. The van der Waals surface area contributed by atoms with Crippen LogP contribution in [0.1, 0.15) is 240 Å². The number of ether oxygens (including phenoxy) is 7. The summed E-state index contributed by atoms with van der Waals surface area (Å²) in [5.74, 6) is -1.42. The van der Waals surface area contributed by atoms with Crippen LogP contribution in [-0.2, 0) is 47.5 Å². The van der Waals surface area contributed by atoms with E-state index in [1.165, 1.54) is 77.0 Å². The largest absolute Gasteiger partial charge is 0.508 e. The normalized spacial score (nSPS) is 12.0. The third-order valence-electron chi connectivity index (χ3n) is 11.8. The van der Waals surface area contributed by atoms with Crippen molar-refractivity contribution in [3.63, 3.8) is 0 Å². The van der Waals surface area contributed by atoms with Gasteiger partial charge >= 0.3 is 24.1 Å². The number of unbranched alkanes of at least 4 members (excludes halogenated alkanes) is 23. The maximum atomic E-state index is 13.0. The van der Waals surface area contributed by atoms with Gasteiger partial charge in [0, 0.05) is 39.0 Å². The van der Waals surface area contributed by atoms with E-state index in [0.717, 1.165) is 116 Å². The fourth-order valence-corrected chi connectivity index (χ4v) is 7.46. The quantitative estimate of drug-likeness (QED) is 0.0189. The predicted octanol–water partition coefficient (Wildman–Crippen LogP) is 14.1. The molecule has 0 amide bonds. The van der Waals surface area contributed by atoms with Crippen molar-refractivity contribution in [2.45, 2.75) is 246 Å². The van der Waals surface area contributed by atoms with Crippen LogP contribution in [0.15, 0.2) is 12.3 Å². The van der Waals surface area contributed by atoms with Gasteiger partial charge in [0.05, 0.1) is 25.2 Å². The summed E-state index contributed by atoms with van der Waals surface area (Å²) >= 11 is 0. The molecule has 1 unspecified atom stereocenters. The number of esters is 3. The average Bonchev–Trinajstić information content (AvgIpc) is 3.32. The molecule has 0 aromatic heterocycles. The van der Waals surface area contributed by atoms with Crippen molar-refractivity contribution in [2.75, 3.05) is 59.3 Å². The van der Waals surface area contributed by atoms with Gasteiger partial charge in [-0.15, -0.1) is 0 Å². The number of hydrogen-bond donors (Lipinski definition) is 0. The van der Waals surface area contributed by atoms with Gasteiger partial charge in [-0.05, 0) is 64.1 Å². The topological polar surface area (TPSA) is 136 Å². The van der Waals surface area contributed by atoms with Crippen LogP contribution in [0.2, 0.25) is 0 Å². The molecule has 0 bridgehead atoms. The fraction of sp³-hybridized carbons (Fsp3) is 0.889. The van der Waals surface area contributed by atoms with E-state index in [-0.39, 0.29) is 44.8 Å². The summed E-state index contributed by atoms with van der Waals surface area (Å²) in [6.45, 7) is 14.7. The molecule has 0 saturated carbocycles. The van der Waals surface area contributed by atoms with E-state index < -0.39 is 24.3 Å². The van der Waals surface area contributed by atoms with Gasteiger partial charge < -0.3 is 38.1 Å². The Morgan fingerprint density at radius 2 is 0.879 bits per heavy atom. The standard InChI is InChI=1S/C54H101NO11/c1-6-11-14-17-25-30-33-42-60-50(56)37-31-26-23-21-20-22-24-27-32-38-51(57)64-46-49(48-66-54(59)63-45-36-41-55(9-4)10-5)47-65-52(58)39-40-53(61-43-34-28-18-15-12-7-2)62-44-35-29-19-16-13-8-3/h33,42,49,53H,6-32,34-41,43-48H2,1-5H3/b42-33-. The second-order valence-corrected chi connectivity index (χ2v) is 18.0. The van der Waals surface area contributed by atoms with Crippen LogP contribution in [0.4, 0.5) is 4.79 Å². The van der Waals surface area contributed by atoms with Crippen molar-refractivity contribution in [2.24, 2.45) is 5.92 Å². The minimum Gasteiger partial charge on any atom is -0.465 e. The monoisotopic (exact) mass is 940 g/mol. The zero-order valence-corrected chi connectivity index (χ0v) is 43.2. The Balaban J connectivity index is 4.70. The molecular formula is C54H101NO11. The minimum atomic E-state index is -0.795. The summed E-state index contributed by atoms with van der Waals surface area (Å²) in [5, 5.41) is 0. The van der Waals surface area contributed by atoms with Gasteiger partial charge in [0.15, 0.2) is 6.29 Å². The first-order valence-corrected chi connectivity index (χ1v) is 27.2. The lowest BCUT2D eigenvalue weighted by molar-refractivity contribution is -0.161. The van der Waals surface area contributed by atoms with Gasteiger partial charge in [-0.25, -0.2) is 4.79 Å². The molecule has 12 heteroatoms. The highest BCUT2D eigenvalue weighted by Crippen LogP contribution is 2.15. The molecule has 0 aliphatic carbocycles. The van der Waals surface area contributed by atoms with Gasteiger partial charge in [-0.2, -0.15) is 0 Å². The summed E-state index contributed by atoms with van der Waals surface area (Å²) < 4.78 is 39.3. The van der Waals surface area contributed by atoms with E-state index in [1.807, 2.05) is 6.08 Å². The van der Waals surface area contributed by atoms with Gasteiger partial charge in [0.1, 0.15) is 19.8 Å². The zero-order chi connectivity index (χ0) is 48.4. The molecule has 66 heavy (non-hydrogen) atoms. The van der Waals surface area contributed by atoms with Gasteiger partial charge in [-0.1, -0.05) is 169 Å². The van der Waals surface area contributed by atoms with E-state index in [4.69, 9.17) is 33.2 Å². The lowest BCUT2D eigenvalue weighted by atomic mass is 10.1. The van der Waals surface area contributed by atoms with Crippen molar-refractivity contribution in [1.82, 2.24) is 4.90 Å². The van der Waals surface area contributed by atoms with E-state index in [0.29, 0.717) is 38.9 Å². The van der Waals surface area contributed by atoms with Crippen molar-refractivity contribution >= 4 is 24.1 Å². The van der Waals surface area contributed by atoms with Crippen molar-refractivity contribution in [3.8, 4) is 0 Å². The first-order valence-electron chi connectivity index (χ1n) is 27.2. The third-order valence-corrected chi connectivity index (χ3v) is 11.8.